The first-order valence-corrected chi connectivity index (χ1v) is 10.4. The van der Waals surface area contributed by atoms with Crippen LogP contribution in [0.15, 0.2) is 66.7 Å². The van der Waals surface area contributed by atoms with Crippen molar-refractivity contribution in [3.8, 4) is 16.9 Å². The normalized spacial score (nSPS) is 14.3. The number of carbonyl (C=O) groups excluding carboxylic acids is 1. The predicted molar refractivity (Wildman–Crippen MR) is 117 cm³/mol. The van der Waals surface area contributed by atoms with Gasteiger partial charge in [-0.15, -0.1) is 0 Å². The third-order valence-corrected chi connectivity index (χ3v) is 5.42. The SMILES string of the molecule is O=C(Nc1cccc(OCc2ccc(-c3c(F)cccc3F)cc2)c1)C1CCNCC1. The maximum atomic E-state index is 14.0. The van der Waals surface area contributed by atoms with Crippen molar-refractivity contribution in [1.82, 2.24) is 5.32 Å². The summed E-state index contributed by atoms with van der Waals surface area (Å²) in [4.78, 5) is 12.4. The first-order valence-electron chi connectivity index (χ1n) is 10.4. The molecule has 1 amide bonds. The average Bonchev–Trinajstić information content (AvgIpc) is 2.79. The van der Waals surface area contributed by atoms with Crippen LogP contribution in [0.2, 0.25) is 0 Å². The smallest absolute Gasteiger partial charge is 0.227 e. The second-order valence-corrected chi connectivity index (χ2v) is 7.62. The molecule has 1 heterocycles. The van der Waals surface area contributed by atoms with E-state index in [0.717, 1.165) is 31.5 Å². The zero-order chi connectivity index (χ0) is 21.6. The summed E-state index contributed by atoms with van der Waals surface area (Å²) in [5, 5.41) is 6.22. The number of piperidine rings is 1. The van der Waals surface area contributed by atoms with E-state index in [4.69, 9.17) is 4.74 Å². The van der Waals surface area contributed by atoms with Gasteiger partial charge in [-0.25, -0.2) is 8.78 Å². The Hall–Kier alpha value is -3.25. The van der Waals surface area contributed by atoms with Crippen LogP contribution in [0.5, 0.6) is 5.75 Å². The molecule has 1 saturated heterocycles. The van der Waals surface area contributed by atoms with Gasteiger partial charge in [0.05, 0.1) is 5.56 Å². The molecule has 4 nitrogen and oxygen atoms in total. The van der Waals surface area contributed by atoms with Gasteiger partial charge in [-0.3, -0.25) is 4.79 Å². The van der Waals surface area contributed by atoms with Gasteiger partial charge in [-0.2, -0.15) is 0 Å². The number of hydrogen-bond donors (Lipinski definition) is 2. The van der Waals surface area contributed by atoms with Gasteiger partial charge in [0.2, 0.25) is 5.91 Å². The van der Waals surface area contributed by atoms with E-state index >= 15 is 0 Å². The Balaban J connectivity index is 1.37. The van der Waals surface area contributed by atoms with Crippen LogP contribution in [0.4, 0.5) is 14.5 Å². The Bertz CT molecular complexity index is 1030. The highest BCUT2D eigenvalue weighted by Gasteiger charge is 2.20. The lowest BCUT2D eigenvalue weighted by Gasteiger charge is -2.21. The molecule has 0 bridgehead atoms. The molecule has 1 aliphatic rings. The highest BCUT2D eigenvalue weighted by atomic mass is 19.1. The van der Waals surface area contributed by atoms with E-state index in [1.807, 2.05) is 18.2 Å². The minimum atomic E-state index is -0.590. The van der Waals surface area contributed by atoms with Crippen molar-refractivity contribution in [2.45, 2.75) is 19.4 Å². The molecule has 0 saturated carbocycles. The summed E-state index contributed by atoms with van der Waals surface area (Å²) in [6.45, 7) is 2.03. The summed E-state index contributed by atoms with van der Waals surface area (Å²) in [5.41, 5.74) is 2.00. The molecule has 1 aliphatic heterocycles. The maximum absolute atomic E-state index is 14.0. The van der Waals surface area contributed by atoms with Crippen LogP contribution in [0.1, 0.15) is 18.4 Å². The van der Waals surface area contributed by atoms with Gasteiger partial charge in [0.15, 0.2) is 0 Å². The fourth-order valence-corrected chi connectivity index (χ4v) is 3.70. The van der Waals surface area contributed by atoms with Gasteiger partial charge in [0.25, 0.3) is 0 Å². The second-order valence-electron chi connectivity index (χ2n) is 7.62. The van der Waals surface area contributed by atoms with Crippen molar-refractivity contribution in [2.24, 2.45) is 5.92 Å². The third-order valence-electron chi connectivity index (χ3n) is 5.42. The molecule has 0 aliphatic carbocycles. The number of carbonyl (C=O) groups is 1. The Morgan fingerprint density at radius 1 is 0.968 bits per heavy atom. The zero-order valence-electron chi connectivity index (χ0n) is 17.0. The molecule has 3 aromatic rings. The molecule has 0 atom stereocenters. The standard InChI is InChI=1S/C25H24F2N2O2/c26-22-5-2-6-23(27)24(22)18-9-7-17(8-10-18)16-31-21-4-1-3-20(15-21)29-25(30)19-11-13-28-14-12-19/h1-10,15,19,28H,11-14,16H2,(H,29,30). The van der Waals surface area contributed by atoms with Gasteiger partial charge in [0, 0.05) is 17.7 Å². The molecule has 1 fully saturated rings. The Morgan fingerprint density at radius 3 is 2.35 bits per heavy atom. The van der Waals surface area contributed by atoms with Crippen LogP contribution in [0.3, 0.4) is 0 Å². The number of ether oxygens (including phenoxy) is 1. The summed E-state index contributed by atoms with van der Waals surface area (Å²) in [6, 6.07) is 18.0. The van der Waals surface area contributed by atoms with Crippen LogP contribution in [0.25, 0.3) is 11.1 Å². The van der Waals surface area contributed by atoms with E-state index in [1.54, 1.807) is 30.3 Å². The lowest BCUT2D eigenvalue weighted by molar-refractivity contribution is -0.120. The molecular weight excluding hydrogens is 398 g/mol. The topological polar surface area (TPSA) is 50.4 Å². The molecular formula is C25H24F2N2O2. The molecule has 0 radical (unpaired) electrons. The lowest BCUT2D eigenvalue weighted by atomic mass is 9.97. The van der Waals surface area contributed by atoms with Gasteiger partial charge in [-0.05, 0) is 61.3 Å². The fourth-order valence-electron chi connectivity index (χ4n) is 3.70. The molecule has 31 heavy (non-hydrogen) atoms. The average molecular weight is 422 g/mol. The molecule has 0 unspecified atom stereocenters. The minimum absolute atomic E-state index is 0.0311. The van der Waals surface area contributed by atoms with E-state index in [1.165, 1.54) is 18.2 Å². The number of anilines is 1. The number of nitrogens with one attached hydrogen (secondary N) is 2. The Labute approximate surface area is 180 Å². The fraction of sp³-hybridized carbons (Fsp3) is 0.240. The number of rotatable bonds is 6. The minimum Gasteiger partial charge on any atom is -0.489 e. The summed E-state index contributed by atoms with van der Waals surface area (Å²) < 4.78 is 33.8. The second kappa shape index (κ2) is 9.71. The first-order chi connectivity index (χ1) is 15.1. The zero-order valence-corrected chi connectivity index (χ0v) is 17.0. The van der Waals surface area contributed by atoms with E-state index in [9.17, 15) is 13.6 Å². The van der Waals surface area contributed by atoms with E-state index in [0.29, 0.717) is 23.6 Å². The van der Waals surface area contributed by atoms with Crippen LogP contribution in [-0.2, 0) is 11.4 Å². The first kappa shape index (κ1) is 21.0. The summed E-state index contributed by atoms with van der Waals surface area (Å²) in [6.07, 6.45) is 1.68. The van der Waals surface area contributed by atoms with Crippen molar-refractivity contribution in [1.29, 1.82) is 0 Å². The highest BCUT2D eigenvalue weighted by Crippen LogP contribution is 2.27. The van der Waals surface area contributed by atoms with Crippen LogP contribution >= 0.6 is 0 Å². The quantitative estimate of drug-likeness (QED) is 0.578. The van der Waals surface area contributed by atoms with Crippen molar-refractivity contribution in [2.75, 3.05) is 18.4 Å². The predicted octanol–water partition coefficient (Wildman–Crippen LogP) is 5.15. The van der Waals surface area contributed by atoms with Crippen molar-refractivity contribution in [3.05, 3.63) is 83.9 Å². The molecule has 0 spiro atoms. The van der Waals surface area contributed by atoms with Crippen LogP contribution < -0.4 is 15.4 Å². The summed E-state index contributed by atoms with van der Waals surface area (Å²) in [7, 11) is 0. The number of hydrogen-bond acceptors (Lipinski definition) is 3. The van der Waals surface area contributed by atoms with Crippen LogP contribution in [0, 0.1) is 17.6 Å². The molecule has 2 N–H and O–H groups in total. The van der Waals surface area contributed by atoms with Crippen molar-refractivity contribution >= 4 is 11.6 Å². The van der Waals surface area contributed by atoms with Crippen LogP contribution in [-0.4, -0.2) is 19.0 Å². The Morgan fingerprint density at radius 2 is 1.65 bits per heavy atom. The van der Waals surface area contributed by atoms with E-state index in [2.05, 4.69) is 10.6 Å². The Kier molecular flexibility index (Phi) is 6.57. The summed E-state index contributed by atoms with van der Waals surface area (Å²) in [5.74, 6) is -0.481. The molecule has 3 aromatic carbocycles. The van der Waals surface area contributed by atoms with Crippen molar-refractivity contribution < 1.29 is 18.3 Å². The number of benzene rings is 3. The molecule has 6 heteroatoms. The van der Waals surface area contributed by atoms with Gasteiger partial charge >= 0.3 is 0 Å². The highest BCUT2D eigenvalue weighted by molar-refractivity contribution is 5.92. The number of amides is 1. The van der Waals surface area contributed by atoms with Gasteiger partial charge in [-0.1, -0.05) is 36.4 Å². The van der Waals surface area contributed by atoms with E-state index < -0.39 is 11.6 Å². The monoisotopic (exact) mass is 422 g/mol. The summed E-state index contributed by atoms with van der Waals surface area (Å²) >= 11 is 0. The third kappa shape index (κ3) is 5.27. The van der Waals surface area contributed by atoms with E-state index in [-0.39, 0.29) is 17.4 Å². The molecule has 0 aromatic heterocycles. The molecule has 4 rings (SSSR count). The van der Waals surface area contributed by atoms with Gasteiger partial charge < -0.3 is 15.4 Å². The maximum Gasteiger partial charge on any atom is 0.227 e. The largest absolute Gasteiger partial charge is 0.489 e. The van der Waals surface area contributed by atoms with Crippen molar-refractivity contribution in [3.63, 3.8) is 0 Å². The van der Waals surface area contributed by atoms with Gasteiger partial charge in [0.1, 0.15) is 24.0 Å². The molecule has 160 valence electrons. The lowest BCUT2D eigenvalue weighted by Crippen LogP contribution is -2.34. The number of halogens is 2.